The highest BCUT2D eigenvalue weighted by Crippen LogP contribution is 2.47. The molecule has 27 heavy (non-hydrogen) atoms. The smallest absolute Gasteiger partial charge is 0.337 e. The maximum absolute atomic E-state index is 13.1. The fraction of sp³-hybridized carbons (Fsp3) is 0.364. The number of ketones is 1. The summed E-state index contributed by atoms with van der Waals surface area (Å²) >= 11 is 0. The van der Waals surface area contributed by atoms with Crippen LogP contribution in [-0.4, -0.2) is 23.5 Å². The molecule has 1 heterocycles. The molecule has 0 amide bonds. The van der Waals surface area contributed by atoms with Crippen molar-refractivity contribution in [3.8, 4) is 5.75 Å². The van der Waals surface area contributed by atoms with E-state index in [9.17, 15) is 14.7 Å². The highest BCUT2D eigenvalue weighted by Gasteiger charge is 2.43. The fourth-order valence-corrected chi connectivity index (χ4v) is 3.96. The zero-order valence-corrected chi connectivity index (χ0v) is 16.0. The van der Waals surface area contributed by atoms with Crippen LogP contribution in [0.25, 0.3) is 0 Å². The van der Waals surface area contributed by atoms with E-state index in [1.54, 1.807) is 18.2 Å². The molecule has 0 fully saturated rings. The van der Waals surface area contributed by atoms with E-state index >= 15 is 0 Å². The molecule has 0 bridgehead atoms. The number of phenolic OH excluding ortho intramolecular Hbond substituents is 1. The van der Waals surface area contributed by atoms with Crippen LogP contribution in [0.2, 0.25) is 0 Å². The monoisotopic (exact) mass is 367 g/mol. The molecule has 0 saturated carbocycles. The molecule has 1 aliphatic heterocycles. The molecule has 1 aromatic carbocycles. The molecule has 0 saturated heterocycles. The summed E-state index contributed by atoms with van der Waals surface area (Å²) < 4.78 is 5.29. The maximum Gasteiger partial charge on any atom is 0.337 e. The summed E-state index contributed by atoms with van der Waals surface area (Å²) in [7, 11) is 0. The Labute approximate surface area is 159 Å². The van der Waals surface area contributed by atoms with Crippen LogP contribution in [0.3, 0.4) is 0 Å². The number of aromatic hydroxyl groups is 1. The summed E-state index contributed by atoms with van der Waals surface area (Å²) in [5.74, 6) is -0.941. The number of carbonyl (C=O) groups is 2. The van der Waals surface area contributed by atoms with Gasteiger partial charge in [0.1, 0.15) is 12.4 Å². The first kappa shape index (κ1) is 19.0. The Balaban J connectivity index is 2.15. The van der Waals surface area contributed by atoms with Gasteiger partial charge in [-0.1, -0.05) is 38.6 Å². The van der Waals surface area contributed by atoms with Crippen LogP contribution >= 0.6 is 0 Å². The maximum atomic E-state index is 13.1. The Kier molecular flexibility index (Phi) is 4.96. The van der Waals surface area contributed by atoms with Gasteiger partial charge in [-0.2, -0.15) is 0 Å². The summed E-state index contributed by atoms with van der Waals surface area (Å²) in [5, 5.41) is 13.2. The Bertz CT molecular complexity index is 876. The van der Waals surface area contributed by atoms with E-state index in [1.165, 1.54) is 6.08 Å². The average Bonchev–Trinajstić information content (AvgIpc) is 2.57. The molecule has 2 N–H and O–H groups in total. The first-order valence-corrected chi connectivity index (χ1v) is 9.04. The van der Waals surface area contributed by atoms with Crippen molar-refractivity contribution in [3.05, 3.63) is 65.0 Å². The van der Waals surface area contributed by atoms with Crippen LogP contribution in [0.1, 0.15) is 45.1 Å². The molecule has 1 aromatic rings. The molecule has 2 aliphatic rings. The SMILES string of the molecule is C=CCOC(=O)C1=C(C)NC2=C(C(=O)CC(C)(C)C2)C1c1cccc(O)c1. The number of nitrogens with one attached hydrogen (secondary N) is 1. The minimum Gasteiger partial charge on any atom is -0.508 e. The van der Waals surface area contributed by atoms with E-state index in [4.69, 9.17) is 4.74 Å². The molecule has 142 valence electrons. The van der Waals surface area contributed by atoms with Gasteiger partial charge in [0, 0.05) is 29.3 Å². The summed E-state index contributed by atoms with van der Waals surface area (Å²) in [4.78, 5) is 25.8. The van der Waals surface area contributed by atoms with Crippen molar-refractivity contribution < 1.29 is 19.4 Å². The highest BCUT2D eigenvalue weighted by atomic mass is 16.5. The van der Waals surface area contributed by atoms with Crippen molar-refractivity contribution in [1.82, 2.24) is 5.32 Å². The fourth-order valence-electron chi connectivity index (χ4n) is 3.96. The number of allylic oxidation sites excluding steroid dienone is 3. The van der Waals surface area contributed by atoms with Gasteiger partial charge in [0.2, 0.25) is 0 Å². The number of hydrogen-bond acceptors (Lipinski definition) is 5. The van der Waals surface area contributed by atoms with Gasteiger partial charge < -0.3 is 15.2 Å². The number of benzene rings is 1. The first-order chi connectivity index (χ1) is 12.7. The molecular formula is C22H25NO4. The lowest BCUT2D eigenvalue weighted by Crippen LogP contribution is -2.38. The predicted molar refractivity (Wildman–Crippen MR) is 103 cm³/mol. The van der Waals surface area contributed by atoms with Crippen LogP contribution in [0.15, 0.2) is 59.5 Å². The molecule has 0 aromatic heterocycles. The number of hydrogen-bond donors (Lipinski definition) is 2. The summed E-state index contributed by atoms with van der Waals surface area (Å²) in [5.41, 5.74) is 3.06. The summed E-state index contributed by atoms with van der Waals surface area (Å²) in [6.07, 6.45) is 2.64. The van der Waals surface area contributed by atoms with E-state index in [2.05, 4.69) is 25.7 Å². The minimum absolute atomic E-state index is 0.0172. The van der Waals surface area contributed by atoms with E-state index in [1.807, 2.05) is 13.0 Å². The molecule has 0 radical (unpaired) electrons. The second-order valence-corrected chi connectivity index (χ2v) is 7.91. The average molecular weight is 367 g/mol. The van der Waals surface area contributed by atoms with Crippen molar-refractivity contribution in [3.63, 3.8) is 0 Å². The van der Waals surface area contributed by atoms with Gasteiger partial charge in [0.25, 0.3) is 0 Å². The van der Waals surface area contributed by atoms with E-state index in [-0.39, 0.29) is 23.6 Å². The third-order valence-corrected chi connectivity index (χ3v) is 5.00. The van der Waals surface area contributed by atoms with Crippen LogP contribution in [0.5, 0.6) is 5.75 Å². The molecule has 0 spiro atoms. The summed E-state index contributed by atoms with van der Waals surface area (Å²) in [6, 6.07) is 6.70. The highest BCUT2D eigenvalue weighted by molar-refractivity contribution is 6.04. The van der Waals surface area contributed by atoms with Gasteiger partial charge in [0.05, 0.1) is 5.57 Å². The van der Waals surface area contributed by atoms with E-state index in [0.717, 1.165) is 12.1 Å². The van der Waals surface area contributed by atoms with Gasteiger partial charge in [-0.25, -0.2) is 4.79 Å². The Morgan fingerprint density at radius 1 is 1.41 bits per heavy atom. The molecule has 5 heteroatoms. The quantitative estimate of drug-likeness (QED) is 0.626. The third kappa shape index (κ3) is 3.68. The lowest BCUT2D eigenvalue weighted by molar-refractivity contribution is -0.138. The lowest BCUT2D eigenvalue weighted by Gasteiger charge is -2.39. The van der Waals surface area contributed by atoms with Gasteiger partial charge in [-0.3, -0.25) is 4.79 Å². The molecule has 1 aliphatic carbocycles. The Morgan fingerprint density at radius 3 is 2.81 bits per heavy atom. The standard InChI is InChI=1S/C22H25NO4/c1-5-9-27-21(26)18-13(2)23-16-11-22(3,4)12-17(25)20(16)19(18)14-7-6-8-15(24)10-14/h5-8,10,19,23-24H,1,9,11-12H2,2-4H3. The first-order valence-electron chi connectivity index (χ1n) is 9.04. The normalized spacial score (nSPS) is 21.4. The molecule has 5 nitrogen and oxygen atoms in total. The second-order valence-electron chi connectivity index (χ2n) is 7.91. The predicted octanol–water partition coefficient (Wildman–Crippen LogP) is 3.73. The zero-order valence-electron chi connectivity index (χ0n) is 16.0. The number of rotatable bonds is 4. The topological polar surface area (TPSA) is 75.6 Å². The van der Waals surface area contributed by atoms with Crippen LogP contribution in [0, 0.1) is 5.41 Å². The van der Waals surface area contributed by atoms with E-state index < -0.39 is 11.9 Å². The number of phenols is 1. The van der Waals surface area contributed by atoms with E-state index in [0.29, 0.717) is 28.8 Å². The number of dihydropyridines is 1. The van der Waals surface area contributed by atoms with Crippen molar-refractivity contribution in [2.45, 2.75) is 39.5 Å². The third-order valence-electron chi connectivity index (χ3n) is 5.00. The Morgan fingerprint density at radius 2 is 2.15 bits per heavy atom. The zero-order chi connectivity index (χ0) is 19.8. The number of Topliss-reactive ketones (excluding diaryl/α,β-unsaturated/α-hetero) is 1. The lowest BCUT2D eigenvalue weighted by atomic mass is 9.68. The van der Waals surface area contributed by atoms with Crippen molar-refractivity contribution >= 4 is 11.8 Å². The van der Waals surface area contributed by atoms with Crippen LogP contribution < -0.4 is 5.32 Å². The van der Waals surface area contributed by atoms with Crippen molar-refractivity contribution in [2.75, 3.05) is 6.61 Å². The van der Waals surface area contributed by atoms with Gasteiger partial charge in [0.15, 0.2) is 5.78 Å². The van der Waals surface area contributed by atoms with Crippen LogP contribution in [0.4, 0.5) is 0 Å². The Hall–Kier alpha value is -2.82. The van der Waals surface area contributed by atoms with Crippen molar-refractivity contribution in [2.24, 2.45) is 5.41 Å². The molecule has 3 rings (SSSR count). The molecule has 1 unspecified atom stereocenters. The summed E-state index contributed by atoms with van der Waals surface area (Å²) in [6.45, 7) is 9.61. The minimum atomic E-state index is -0.561. The van der Waals surface area contributed by atoms with Crippen LogP contribution in [-0.2, 0) is 14.3 Å². The van der Waals surface area contributed by atoms with Gasteiger partial charge in [-0.15, -0.1) is 0 Å². The number of carbonyl (C=O) groups excluding carboxylic acids is 2. The number of esters is 1. The number of ether oxygens (including phenoxy) is 1. The van der Waals surface area contributed by atoms with Gasteiger partial charge >= 0.3 is 5.97 Å². The molecular weight excluding hydrogens is 342 g/mol. The second kappa shape index (κ2) is 7.06. The molecule has 1 atom stereocenters. The van der Waals surface area contributed by atoms with Gasteiger partial charge in [-0.05, 0) is 36.5 Å². The van der Waals surface area contributed by atoms with Crippen molar-refractivity contribution in [1.29, 1.82) is 0 Å². The largest absolute Gasteiger partial charge is 0.508 e.